The zero-order valence-corrected chi connectivity index (χ0v) is 17.6. The molecule has 7 nitrogen and oxygen atoms in total. The van der Waals surface area contributed by atoms with Crippen LogP contribution in [0.4, 0.5) is 0 Å². The molecule has 154 valence electrons. The van der Waals surface area contributed by atoms with Crippen LogP contribution < -0.4 is 4.74 Å². The molecule has 1 fully saturated rings. The topological polar surface area (TPSA) is 93.9 Å². The fraction of sp³-hybridized carbons (Fsp3) is 0.474. The van der Waals surface area contributed by atoms with Gasteiger partial charge in [-0.25, -0.2) is 16.8 Å². The highest BCUT2D eigenvalue weighted by atomic mass is 32.2. The average Bonchev–Trinajstić information content (AvgIpc) is 3.16. The summed E-state index contributed by atoms with van der Waals surface area (Å²) < 4.78 is 63.0. The molecular weight excluding hydrogens is 402 g/mol. The van der Waals surface area contributed by atoms with Gasteiger partial charge in [0.1, 0.15) is 17.3 Å². The van der Waals surface area contributed by atoms with Crippen molar-refractivity contribution in [3.63, 3.8) is 0 Å². The molecule has 0 amide bonds. The van der Waals surface area contributed by atoms with Crippen molar-refractivity contribution in [2.45, 2.75) is 42.6 Å². The minimum absolute atomic E-state index is 0.157. The van der Waals surface area contributed by atoms with Crippen LogP contribution >= 0.6 is 0 Å². The van der Waals surface area contributed by atoms with E-state index in [1.807, 2.05) is 6.92 Å². The summed E-state index contributed by atoms with van der Waals surface area (Å²) in [5.74, 6) is 0.902. The smallest absolute Gasteiger partial charge is 0.243 e. The molecule has 0 saturated carbocycles. The van der Waals surface area contributed by atoms with Gasteiger partial charge in [0.2, 0.25) is 10.0 Å². The van der Waals surface area contributed by atoms with E-state index in [1.54, 1.807) is 31.2 Å². The molecule has 9 heteroatoms. The van der Waals surface area contributed by atoms with Crippen molar-refractivity contribution in [1.29, 1.82) is 0 Å². The van der Waals surface area contributed by atoms with Crippen LogP contribution in [0.1, 0.15) is 31.1 Å². The van der Waals surface area contributed by atoms with Crippen molar-refractivity contribution in [2.24, 2.45) is 0 Å². The van der Waals surface area contributed by atoms with Crippen LogP contribution in [0.2, 0.25) is 0 Å². The van der Waals surface area contributed by atoms with E-state index in [0.29, 0.717) is 18.1 Å². The molecule has 0 N–H and O–H groups in total. The summed E-state index contributed by atoms with van der Waals surface area (Å²) >= 11 is 0. The Morgan fingerprint density at radius 1 is 1.14 bits per heavy atom. The van der Waals surface area contributed by atoms with E-state index in [-0.39, 0.29) is 36.6 Å². The monoisotopic (exact) mass is 427 g/mol. The third-order valence-corrected chi connectivity index (χ3v) is 8.99. The van der Waals surface area contributed by atoms with Crippen molar-refractivity contribution in [1.82, 2.24) is 4.31 Å². The first-order valence-corrected chi connectivity index (χ1v) is 12.4. The number of furan rings is 1. The van der Waals surface area contributed by atoms with Crippen molar-refractivity contribution < 1.29 is 26.0 Å². The molecule has 0 aliphatic carbocycles. The summed E-state index contributed by atoms with van der Waals surface area (Å²) in [6.07, 6.45) is 2.00. The molecule has 28 heavy (non-hydrogen) atoms. The first-order valence-electron chi connectivity index (χ1n) is 9.21. The number of ether oxygens (including phenoxy) is 1. The standard InChI is InChI=1S/C19H25NO6S2/c1-3-25-19-7-6-18(13-15(19)2)28(23,24)20-10-8-17(9-11-20)27(21,22)14-16-5-4-12-26-16/h4-7,12-13,17H,3,8-11,14H2,1-2H3. The van der Waals surface area contributed by atoms with E-state index >= 15 is 0 Å². The first-order chi connectivity index (χ1) is 13.2. The van der Waals surface area contributed by atoms with Crippen LogP contribution in [0.25, 0.3) is 0 Å². The summed E-state index contributed by atoms with van der Waals surface area (Å²) in [7, 11) is -7.06. The highest BCUT2D eigenvalue weighted by Gasteiger charge is 2.35. The number of benzene rings is 1. The van der Waals surface area contributed by atoms with Gasteiger partial charge in [-0.3, -0.25) is 0 Å². The summed E-state index contributed by atoms with van der Waals surface area (Å²) in [5.41, 5.74) is 0.749. The second-order valence-corrected chi connectivity index (χ2v) is 11.1. The zero-order chi connectivity index (χ0) is 20.4. The Labute approximate surface area is 166 Å². The van der Waals surface area contributed by atoms with E-state index in [2.05, 4.69) is 0 Å². The number of hydrogen-bond acceptors (Lipinski definition) is 6. The van der Waals surface area contributed by atoms with E-state index in [1.165, 1.54) is 16.6 Å². The van der Waals surface area contributed by atoms with E-state index < -0.39 is 25.1 Å². The van der Waals surface area contributed by atoms with Crippen molar-refractivity contribution >= 4 is 19.9 Å². The first kappa shape index (κ1) is 20.9. The average molecular weight is 428 g/mol. The number of nitrogens with zero attached hydrogens (tertiary/aromatic N) is 1. The molecule has 0 bridgehead atoms. The Kier molecular flexibility index (Phi) is 6.16. The quantitative estimate of drug-likeness (QED) is 0.674. The summed E-state index contributed by atoms with van der Waals surface area (Å²) in [5, 5.41) is -0.564. The Bertz CT molecular complexity index is 1000. The molecule has 2 heterocycles. The van der Waals surface area contributed by atoms with Crippen molar-refractivity contribution in [2.75, 3.05) is 19.7 Å². The van der Waals surface area contributed by atoms with Gasteiger partial charge in [0.05, 0.1) is 23.0 Å². The zero-order valence-electron chi connectivity index (χ0n) is 16.0. The lowest BCUT2D eigenvalue weighted by molar-refractivity contribution is 0.337. The molecule has 1 aliphatic rings. The molecule has 1 aromatic heterocycles. The number of aryl methyl sites for hydroxylation is 1. The fourth-order valence-electron chi connectivity index (χ4n) is 3.39. The van der Waals surface area contributed by atoms with Crippen molar-refractivity contribution in [3.8, 4) is 5.75 Å². The normalized spacial score (nSPS) is 16.9. The van der Waals surface area contributed by atoms with Crippen LogP contribution in [-0.2, 0) is 25.6 Å². The maximum absolute atomic E-state index is 12.9. The largest absolute Gasteiger partial charge is 0.494 e. The van der Waals surface area contributed by atoms with E-state index in [0.717, 1.165) is 5.56 Å². The number of sulfonamides is 1. The molecule has 0 radical (unpaired) electrons. The lowest BCUT2D eigenvalue weighted by Crippen LogP contribution is -2.42. The lowest BCUT2D eigenvalue weighted by atomic mass is 10.2. The second kappa shape index (κ2) is 8.26. The third kappa shape index (κ3) is 4.42. The predicted octanol–water partition coefficient (Wildman–Crippen LogP) is 2.75. The number of rotatable bonds is 7. The van der Waals surface area contributed by atoms with Crippen LogP contribution in [-0.4, -0.2) is 46.1 Å². The van der Waals surface area contributed by atoms with Gasteiger partial charge in [-0.1, -0.05) is 0 Å². The summed E-state index contributed by atoms with van der Waals surface area (Å²) in [6, 6.07) is 8.07. The minimum Gasteiger partial charge on any atom is -0.494 e. The van der Waals surface area contributed by atoms with E-state index in [4.69, 9.17) is 9.15 Å². The molecule has 1 aromatic carbocycles. The van der Waals surface area contributed by atoms with Gasteiger partial charge in [-0.15, -0.1) is 0 Å². The van der Waals surface area contributed by atoms with Crippen LogP contribution in [0.3, 0.4) is 0 Å². The van der Waals surface area contributed by atoms with Gasteiger partial charge in [0.25, 0.3) is 0 Å². The third-order valence-electron chi connectivity index (χ3n) is 4.92. The maximum Gasteiger partial charge on any atom is 0.243 e. The predicted molar refractivity (Wildman–Crippen MR) is 105 cm³/mol. The molecule has 1 saturated heterocycles. The van der Waals surface area contributed by atoms with Crippen LogP contribution in [0.5, 0.6) is 5.75 Å². The van der Waals surface area contributed by atoms with Crippen LogP contribution in [0, 0.1) is 6.92 Å². The molecular formula is C19H25NO6S2. The summed E-state index contributed by atoms with van der Waals surface area (Å²) in [4.78, 5) is 0.199. The molecule has 2 aromatic rings. The highest BCUT2D eigenvalue weighted by molar-refractivity contribution is 7.91. The van der Waals surface area contributed by atoms with Gasteiger partial charge in [0.15, 0.2) is 9.84 Å². The SMILES string of the molecule is CCOc1ccc(S(=O)(=O)N2CCC(S(=O)(=O)Cc3ccco3)CC2)cc1C. The number of piperidine rings is 1. The van der Waals surface area contributed by atoms with Gasteiger partial charge in [-0.05, 0) is 62.6 Å². The molecule has 0 spiro atoms. The molecule has 3 rings (SSSR count). The molecule has 0 atom stereocenters. The maximum atomic E-state index is 12.9. The Morgan fingerprint density at radius 3 is 2.43 bits per heavy atom. The molecule has 0 unspecified atom stereocenters. The fourth-order valence-corrected chi connectivity index (χ4v) is 6.67. The van der Waals surface area contributed by atoms with Gasteiger partial charge in [0, 0.05) is 13.1 Å². The van der Waals surface area contributed by atoms with Crippen LogP contribution in [0.15, 0.2) is 45.9 Å². The number of sulfone groups is 1. The molecule has 1 aliphatic heterocycles. The highest BCUT2D eigenvalue weighted by Crippen LogP contribution is 2.28. The Morgan fingerprint density at radius 2 is 1.86 bits per heavy atom. The van der Waals surface area contributed by atoms with Gasteiger partial charge >= 0.3 is 0 Å². The van der Waals surface area contributed by atoms with Gasteiger partial charge < -0.3 is 9.15 Å². The number of hydrogen-bond donors (Lipinski definition) is 0. The van der Waals surface area contributed by atoms with E-state index in [9.17, 15) is 16.8 Å². The van der Waals surface area contributed by atoms with Gasteiger partial charge in [-0.2, -0.15) is 4.31 Å². The summed E-state index contributed by atoms with van der Waals surface area (Å²) in [6.45, 7) is 4.53. The Balaban J connectivity index is 1.69. The van der Waals surface area contributed by atoms with Crippen molar-refractivity contribution in [3.05, 3.63) is 47.9 Å². The minimum atomic E-state index is -3.67. The Hall–Kier alpha value is -1.84. The second-order valence-electron chi connectivity index (χ2n) is 6.85. The lowest BCUT2D eigenvalue weighted by Gasteiger charge is -2.31.